The van der Waals surface area contributed by atoms with Gasteiger partial charge in [-0.1, -0.05) is 13.0 Å². The van der Waals surface area contributed by atoms with Crippen molar-refractivity contribution >= 4 is 15.9 Å². The van der Waals surface area contributed by atoms with Gasteiger partial charge >= 0.3 is 0 Å². The first-order chi connectivity index (χ1) is 12.9. The van der Waals surface area contributed by atoms with Crippen LogP contribution in [0.3, 0.4) is 0 Å². The van der Waals surface area contributed by atoms with E-state index in [2.05, 4.69) is 10.0 Å². The van der Waals surface area contributed by atoms with Gasteiger partial charge in [-0.15, -0.1) is 0 Å². The van der Waals surface area contributed by atoms with Crippen molar-refractivity contribution < 1.29 is 22.3 Å². The molecule has 2 aromatic carbocycles. The Morgan fingerprint density at radius 3 is 2.56 bits per heavy atom. The van der Waals surface area contributed by atoms with Gasteiger partial charge in [0.15, 0.2) is 0 Å². The van der Waals surface area contributed by atoms with Crippen molar-refractivity contribution in [3.05, 3.63) is 59.9 Å². The molecule has 0 radical (unpaired) electrons. The normalized spacial score (nSPS) is 11.2. The van der Waals surface area contributed by atoms with E-state index in [4.69, 9.17) is 4.74 Å². The van der Waals surface area contributed by atoms with Crippen LogP contribution in [-0.4, -0.2) is 34.0 Å². The number of nitrogens with one attached hydrogen (secondary N) is 2. The summed E-state index contributed by atoms with van der Waals surface area (Å²) in [6.07, 6.45) is 1.41. The maximum absolute atomic E-state index is 12.8. The van der Waals surface area contributed by atoms with Crippen LogP contribution in [0.25, 0.3) is 0 Å². The van der Waals surface area contributed by atoms with E-state index in [1.54, 1.807) is 25.1 Å². The van der Waals surface area contributed by atoms with Crippen LogP contribution < -0.4 is 14.8 Å². The fourth-order valence-corrected chi connectivity index (χ4v) is 3.42. The van der Waals surface area contributed by atoms with Gasteiger partial charge < -0.3 is 10.1 Å². The molecular formula is C19H23FN2O4S. The Morgan fingerprint density at radius 1 is 1.11 bits per heavy atom. The van der Waals surface area contributed by atoms with Gasteiger partial charge in [0, 0.05) is 18.7 Å². The molecule has 0 fully saturated rings. The number of halogens is 1. The largest absolute Gasteiger partial charge is 0.494 e. The van der Waals surface area contributed by atoms with Crippen molar-refractivity contribution in [2.24, 2.45) is 0 Å². The highest BCUT2D eigenvalue weighted by atomic mass is 32.2. The number of hydrogen-bond donors (Lipinski definition) is 2. The Hall–Kier alpha value is -2.45. The number of amides is 1. The Morgan fingerprint density at radius 2 is 1.85 bits per heavy atom. The van der Waals surface area contributed by atoms with Gasteiger partial charge in [0.2, 0.25) is 10.0 Å². The molecule has 0 aliphatic carbocycles. The zero-order valence-corrected chi connectivity index (χ0v) is 15.9. The predicted molar refractivity (Wildman–Crippen MR) is 101 cm³/mol. The first-order valence-corrected chi connectivity index (χ1v) is 10.2. The van der Waals surface area contributed by atoms with Crippen molar-refractivity contribution in [3.63, 3.8) is 0 Å². The monoisotopic (exact) mass is 394 g/mol. The summed E-state index contributed by atoms with van der Waals surface area (Å²) in [6, 6.07) is 11.7. The lowest BCUT2D eigenvalue weighted by atomic mass is 10.2. The summed E-state index contributed by atoms with van der Waals surface area (Å²) >= 11 is 0. The molecule has 2 N–H and O–H groups in total. The Bertz CT molecular complexity index is 854. The number of hydrogen-bond acceptors (Lipinski definition) is 4. The molecule has 0 aliphatic heterocycles. The van der Waals surface area contributed by atoms with Gasteiger partial charge in [-0.05, 0) is 55.3 Å². The van der Waals surface area contributed by atoms with Crippen LogP contribution in [0.2, 0.25) is 0 Å². The first kappa shape index (κ1) is 20.9. The lowest BCUT2D eigenvalue weighted by molar-refractivity contribution is 0.0952. The number of carbonyl (C=O) groups is 1. The molecule has 0 atom stereocenters. The average Bonchev–Trinajstić information content (AvgIpc) is 2.66. The number of benzene rings is 2. The Kier molecular flexibility index (Phi) is 7.75. The lowest BCUT2D eigenvalue weighted by Crippen LogP contribution is -2.26. The van der Waals surface area contributed by atoms with Crippen LogP contribution in [-0.2, 0) is 10.0 Å². The van der Waals surface area contributed by atoms with Crippen LogP contribution in [0.15, 0.2) is 53.4 Å². The molecule has 146 valence electrons. The molecule has 6 nitrogen and oxygen atoms in total. The van der Waals surface area contributed by atoms with Crippen molar-refractivity contribution in [3.8, 4) is 5.75 Å². The molecule has 0 spiro atoms. The number of rotatable bonds is 10. The third-order valence-corrected chi connectivity index (χ3v) is 5.22. The third kappa shape index (κ3) is 6.65. The Labute approximate surface area is 158 Å². The summed E-state index contributed by atoms with van der Waals surface area (Å²) in [4.78, 5) is 12.2. The molecule has 8 heteroatoms. The second-order valence-corrected chi connectivity index (χ2v) is 7.56. The number of unbranched alkanes of at least 4 members (excludes halogenated alkanes) is 1. The SMILES string of the molecule is CCNS(=O)(=O)c1cccc(C(=O)NCCCCOc2ccc(F)cc2)c1. The molecule has 0 unspecified atom stereocenters. The molecule has 27 heavy (non-hydrogen) atoms. The van der Waals surface area contributed by atoms with Gasteiger partial charge in [-0.3, -0.25) is 4.79 Å². The van der Waals surface area contributed by atoms with E-state index in [0.717, 1.165) is 0 Å². The smallest absolute Gasteiger partial charge is 0.251 e. The van der Waals surface area contributed by atoms with E-state index in [1.807, 2.05) is 0 Å². The van der Waals surface area contributed by atoms with Crippen LogP contribution in [0.5, 0.6) is 5.75 Å². The minimum atomic E-state index is -3.60. The maximum atomic E-state index is 12.8. The van der Waals surface area contributed by atoms with Crippen molar-refractivity contribution in [1.29, 1.82) is 0 Å². The van der Waals surface area contributed by atoms with Crippen LogP contribution in [0.4, 0.5) is 4.39 Å². The van der Waals surface area contributed by atoms with Crippen LogP contribution in [0.1, 0.15) is 30.1 Å². The highest BCUT2D eigenvalue weighted by Gasteiger charge is 2.14. The summed E-state index contributed by atoms with van der Waals surface area (Å²) in [7, 11) is -3.60. The molecule has 0 heterocycles. The van der Waals surface area contributed by atoms with Gasteiger partial charge in [0.05, 0.1) is 11.5 Å². The van der Waals surface area contributed by atoms with Gasteiger partial charge in [0.25, 0.3) is 5.91 Å². The Balaban J connectivity index is 1.75. The molecule has 0 saturated heterocycles. The topological polar surface area (TPSA) is 84.5 Å². The maximum Gasteiger partial charge on any atom is 0.251 e. The molecule has 0 aromatic heterocycles. The fraction of sp³-hybridized carbons (Fsp3) is 0.316. The number of sulfonamides is 1. The van der Waals surface area contributed by atoms with E-state index in [0.29, 0.717) is 31.7 Å². The molecule has 0 aliphatic rings. The first-order valence-electron chi connectivity index (χ1n) is 8.68. The molecular weight excluding hydrogens is 371 g/mol. The fourth-order valence-electron chi connectivity index (χ4n) is 2.33. The second kappa shape index (κ2) is 10.0. The van der Waals surface area contributed by atoms with Crippen molar-refractivity contribution in [1.82, 2.24) is 10.0 Å². The minimum Gasteiger partial charge on any atom is -0.494 e. The molecule has 1 amide bonds. The van der Waals surface area contributed by atoms with Gasteiger partial charge in [-0.2, -0.15) is 0 Å². The quantitative estimate of drug-likeness (QED) is 0.607. The lowest BCUT2D eigenvalue weighted by Gasteiger charge is -2.09. The highest BCUT2D eigenvalue weighted by molar-refractivity contribution is 7.89. The summed E-state index contributed by atoms with van der Waals surface area (Å²) in [5, 5.41) is 2.76. The van der Waals surface area contributed by atoms with E-state index < -0.39 is 10.0 Å². The molecule has 0 saturated carbocycles. The van der Waals surface area contributed by atoms with E-state index in [-0.39, 0.29) is 28.7 Å². The van der Waals surface area contributed by atoms with E-state index in [9.17, 15) is 17.6 Å². The summed E-state index contributed by atoms with van der Waals surface area (Å²) in [5.41, 5.74) is 0.288. The average molecular weight is 394 g/mol. The van der Waals surface area contributed by atoms with Crippen LogP contribution >= 0.6 is 0 Å². The van der Waals surface area contributed by atoms with Gasteiger partial charge in [0.1, 0.15) is 11.6 Å². The zero-order valence-electron chi connectivity index (χ0n) is 15.1. The summed E-state index contributed by atoms with van der Waals surface area (Å²) in [5.74, 6) is -0.0467. The summed E-state index contributed by atoms with van der Waals surface area (Å²) in [6.45, 7) is 2.86. The standard InChI is InChI=1S/C19H23FN2O4S/c1-2-22-27(24,25)18-7-5-6-15(14-18)19(23)21-12-3-4-13-26-17-10-8-16(20)9-11-17/h5-11,14,22H,2-4,12-13H2,1H3,(H,21,23). The number of ether oxygens (including phenoxy) is 1. The second-order valence-electron chi connectivity index (χ2n) is 5.79. The van der Waals surface area contributed by atoms with Gasteiger partial charge in [-0.25, -0.2) is 17.5 Å². The molecule has 0 bridgehead atoms. The predicted octanol–water partition coefficient (Wildman–Crippen LogP) is 2.71. The highest BCUT2D eigenvalue weighted by Crippen LogP contribution is 2.12. The number of carbonyl (C=O) groups excluding carboxylic acids is 1. The van der Waals surface area contributed by atoms with Crippen molar-refractivity contribution in [2.45, 2.75) is 24.7 Å². The molecule has 2 aromatic rings. The third-order valence-electron chi connectivity index (χ3n) is 3.68. The van der Waals surface area contributed by atoms with Crippen LogP contribution in [0, 0.1) is 5.82 Å². The van der Waals surface area contributed by atoms with E-state index >= 15 is 0 Å². The van der Waals surface area contributed by atoms with Crippen molar-refractivity contribution in [2.75, 3.05) is 19.7 Å². The van der Waals surface area contributed by atoms with E-state index in [1.165, 1.54) is 30.3 Å². The zero-order chi connectivity index (χ0) is 19.7. The molecule has 2 rings (SSSR count). The summed E-state index contributed by atoms with van der Waals surface area (Å²) < 4.78 is 44.7. The minimum absolute atomic E-state index is 0.0599.